The number of nitrogens with one attached hydrogen (secondary N) is 1. The van der Waals surface area contributed by atoms with E-state index in [0.29, 0.717) is 5.56 Å². The number of isothiocyanates is 1. The SMILES string of the molecule is O=[N+]([O-])c1cc(CN=C=S)ccc1NCS(=O)O. The van der Waals surface area contributed by atoms with E-state index < -0.39 is 16.0 Å². The second-order valence-corrected chi connectivity index (χ2v) is 4.27. The van der Waals surface area contributed by atoms with Crippen molar-refractivity contribution < 1.29 is 13.7 Å². The summed E-state index contributed by atoms with van der Waals surface area (Å²) in [6, 6.07) is 4.41. The van der Waals surface area contributed by atoms with Gasteiger partial charge in [0.25, 0.3) is 5.69 Å². The maximum atomic E-state index is 10.9. The lowest BCUT2D eigenvalue weighted by molar-refractivity contribution is -0.384. The zero-order valence-corrected chi connectivity index (χ0v) is 10.7. The molecular weight excluding hydrogens is 278 g/mol. The van der Waals surface area contributed by atoms with Gasteiger partial charge in [0, 0.05) is 6.07 Å². The molecule has 1 aromatic carbocycles. The largest absolute Gasteiger partial charge is 0.366 e. The molecule has 1 rings (SSSR count). The third-order valence-corrected chi connectivity index (χ3v) is 2.49. The van der Waals surface area contributed by atoms with Gasteiger partial charge in [0.05, 0.1) is 16.6 Å². The molecule has 96 valence electrons. The third kappa shape index (κ3) is 4.30. The number of nitrogens with zero attached hydrogens (tertiary/aromatic N) is 2. The lowest BCUT2D eigenvalue weighted by Gasteiger charge is -2.05. The van der Waals surface area contributed by atoms with Crippen molar-refractivity contribution in [1.29, 1.82) is 0 Å². The maximum absolute atomic E-state index is 10.9. The van der Waals surface area contributed by atoms with Crippen LogP contribution in [0.1, 0.15) is 5.56 Å². The molecule has 0 amide bonds. The highest BCUT2D eigenvalue weighted by Gasteiger charge is 2.14. The van der Waals surface area contributed by atoms with Crippen molar-refractivity contribution in [2.24, 2.45) is 4.99 Å². The van der Waals surface area contributed by atoms with Crippen molar-refractivity contribution >= 4 is 39.8 Å². The first kappa shape index (κ1) is 14.4. The quantitative estimate of drug-likeness (QED) is 0.272. The number of thiocarbonyl (C=S) groups is 1. The Balaban J connectivity index is 3.00. The normalized spacial score (nSPS) is 11.4. The van der Waals surface area contributed by atoms with E-state index in [9.17, 15) is 14.3 Å². The minimum Gasteiger partial charge on any atom is -0.366 e. The summed E-state index contributed by atoms with van der Waals surface area (Å²) in [5.74, 6) is -0.279. The van der Waals surface area contributed by atoms with Gasteiger partial charge >= 0.3 is 0 Å². The predicted molar refractivity (Wildman–Crippen MR) is 71.1 cm³/mol. The van der Waals surface area contributed by atoms with Crippen LogP contribution in [0.2, 0.25) is 0 Å². The van der Waals surface area contributed by atoms with Crippen LogP contribution in [0.4, 0.5) is 11.4 Å². The summed E-state index contributed by atoms with van der Waals surface area (Å²) < 4.78 is 19.1. The highest BCUT2D eigenvalue weighted by Crippen LogP contribution is 2.25. The lowest BCUT2D eigenvalue weighted by atomic mass is 10.1. The van der Waals surface area contributed by atoms with Gasteiger partial charge in [-0.25, -0.2) is 9.20 Å². The van der Waals surface area contributed by atoms with Crippen LogP contribution >= 0.6 is 12.2 Å². The van der Waals surface area contributed by atoms with Gasteiger partial charge in [0.2, 0.25) is 0 Å². The number of rotatable bonds is 6. The monoisotopic (exact) mass is 287 g/mol. The van der Waals surface area contributed by atoms with E-state index in [-0.39, 0.29) is 23.8 Å². The third-order valence-electron chi connectivity index (χ3n) is 1.97. The van der Waals surface area contributed by atoms with E-state index in [0.717, 1.165) is 0 Å². The lowest BCUT2D eigenvalue weighted by Crippen LogP contribution is -2.08. The Bertz CT molecular complexity index is 529. The van der Waals surface area contributed by atoms with E-state index >= 15 is 0 Å². The molecule has 0 saturated carbocycles. The van der Waals surface area contributed by atoms with Crippen LogP contribution in [0, 0.1) is 10.1 Å². The molecule has 0 saturated heterocycles. The van der Waals surface area contributed by atoms with Crippen molar-refractivity contribution in [3.05, 3.63) is 33.9 Å². The van der Waals surface area contributed by atoms with E-state index in [2.05, 4.69) is 27.7 Å². The summed E-state index contributed by atoms with van der Waals surface area (Å²) in [6.45, 7) is 0.205. The van der Waals surface area contributed by atoms with E-state index in [1.807, 2.05) is 0 Å². The van der Waals surface area contributed by atoms with Crippen LogP contribution in [0.25, 0.3) is 0 Å². The molecule has 18 heavy (non-hydrogen) atoms. The van der Waals surface area contributed by atoms with Gasteiger partial charge in [-0.1, -0.05) is 6.07 Å². The van der Waals surface area contributed by atoms with Gasteiger partial charge in [-0.2, -0.15) is 0 Å². The molecule has 0 heterocycles. The molecule has 0 bridgehead atoms. The average Bonchev–Trinajstić information content (AvgIpc) is 2.34. The average molecular weight is 287 g/mol. The van der Waals surface area contributed by atoms with Gasteiger partial charge in [-0.15, -0.1) is 0 Å². The van der Waals surface area contributed by atoms with Crippen LogP contribution in [0.5, 0.6) is 0 Å². The Morgan fingerprint density at radius 3 is 2.89 bits per heavy atom. The standard InChI is InChI=1S/C9H9N3O4S2/c13-12(14)9-3-7(4-10-5-17)1-2-8(9)11-6-18(15)16/h1-3,11H,4,6H2,(H,15,16). The first-order valence-electron chi connectivity index (χ1n) is 4.67. The zero-order chi connectivity index (χ0) is 13.5. The predicted octanol–water partition coefficient (Wildman–Crippen LogP) is 1.79. The fourth-order valence-corrected chi connectivity index (χ4v) is 1.58. The molecule has 0 fully saturated rings. The summed E-state index contributed by atoms with van der Waals surface area (Å²) in [5, 5.41) is 15.5. The number of benzene rings is 1. The number of hydrogen-bond donors (Lipinski definition) is 2. The van der Waals surface area contributed by atoms with Gasteiger partial charge < -0.3 is 9.87 Å². The highest BCUT2D eigenvalue weighted by molar-refractivity contribution is 7.79. The van der Waals surface area contributed by atoms with E-state index in [1.54, 1.807) is 6.07 Å². The molecule has 0 spiro atoms. The maximum Gasteiger partial charge on any atom is 0.292 e. The minimum atomic E-state index is -2.07. The first-order valence-corrected chi connectivity index (χ1v) is 6.35. The molecule has 1 aromatic rings. The Morgan fingerprint density at radius 1 is 1.61 bits per heavy atom. The highest BCUT2D eigenvalue weighted by atomic mass is 32.2. The van der Waals surface area contributed by atoms with Crippen molar-refractivity contribution in [2.45, 2.75) is 6.54 Å². The molecule has 0 aliphatic carbocycles. The summed E-state index contributed by atoms with van der Waals surface area (Å²) >= 11 is 2.33. The van der Waals surface area contributed by atoms with Crippen LogP contribution in [-0.2, 0) is 17.6 Å². The Labute approximate surface area is 110 Å². The number of anilines is 1. The molecule has 1 unspecified atom stereocenters. The zero-order valence-electron chi connectivity index (χ0n) is 9.03. The topological polar surface area (TPSA) is 105 Å². The molecule has 9 heteroatoms. The Kier molecular flexibility index (Phi) is 5.53. The van der Waals surface area contributed by atoms with Crippen molar-refractivity contribution in [1.82, 2.24) is 0 Å². The van der Waals surface area contributed by atoms with Crippen molar-refractivity contribution in [3.8, 4) is 0 Å². The summed E-state index contributed by atoms with van der Waals surface area (Å²) in [4.78, 5) is 14.0. The smallest absolute Gasteiger partial charge is 0.292 e. The molecule has 0 aromatic heterocycles. The summed E-state index contributed by atoms with van der Waals surface area (Å²) in [6.07, 6.45) is 0. The van der Waals surface area contributed by atoms with Crippen LogP contribution in [0.3, 0.4) is 0 Å². The first-order chi connectivity index (χ1) is 8.54. The molecule has 2 N–H and O–H groups in total. The number of hydrogen-bond acceptors (Lipinski definition) is 6. The second kappa shape index (κ2) is 6.92. The van der Waals surface area contributed by atoms with Gasteiger partial charge in [0.1, 0.15) is 11.6 Å². The summed E-state index contributed by atoms with van der Waals surface area (Å²) in [7, 11) is 0. The molecule has 0 radical (unpaired) electrons. The fraction of sp³-hybridized carbons (Fsp3) is 0.222. The Hall–Kier alpha value is -1.67. The van der Waals surface area contributed by atoms with Crippen molar-refractivity contribution in [2.75, 3.05) is 11.2 Å². The minimum absolute atomic E-state index is 0.178. The molecule has 1 atom stereocenters. The number of aliphatic imine (C=N–C) groups is 1. The van der Waals surface area contributed by atoms with E-state index in [1.165, 1.54) is 12.1 Å². The number of nitro benzene ring substituents is 1. The molecule has 7 nitrogen and oxygen atoms in total. The van der Waals surface area contributed by atoms with Crippen LogP contribution in [0.15, 0.2) is 23.2 Å². The fourth-order valence-electron chi connectivity index (χ4n) is 1.24. The number of nitro groups is 1. The van der Waals surface area contributed by atoms with Gasteiger partial charge in [-0.05, 0) is 23.8 Å². The molecular formula is C9H9N3O4S2. The second-order valence-electron chi connectivity index (χ2n) is 3.16. The molecule has 0 aliphatic rings. The summed E-state index contributed by atoms with van der Waals surface area (Å²) in [5.41, 5.74) is 0.602. The Morgan fingerprint density at radius 2 is 2.33 bits per heavy atom. The van der Waals surface area contributed by atoms with Crippen LogP contribution < -0.4 is 5.32 Å². The van der Waals surface area contributed by atoms with E-state index in [4.69, 9.17) is 4.55 Å². The van der Waals surface area contributed by atoms with Crippen molar-refractivity contribution in [3.63, 3.8) is 0 Å². The van der Waals surface area contributed by atoms with Gasteiger partial charge in [0.15, 0.2) is 11.1 Å². The van der Waals surface area contributed by atoms with Crippen LogP contribution in [-0.4, -0.2) is 24.7 Å². The molecule has 0 aliphatic heterocycles. The van der Waals surface area contributed by atoms with Gasteiger partial charge in [-0.3, -0.25) is 10.1 Å².